The Morgan fingerprint density at radius 2 is 1.77 bits per heavy atom. The molecule has 0 spiro atoms. The van der Waals surface area contributed by atoms with E-state index in [4.69, 9.17) is 11.6 Å². The third-order valence-electron chi connectivity index (χ3n) is 5.18. The van der Waals surface area contributed by atoms with Crippen molar-refractivity contribution in [2.24, 2.45) is 5.41 Å². The molecule has 2 unspecified atom stereocenters. The molecule has 0 radical (unpaired) electrons. The van der Waals surface area contributed by atoms with Crippen molar-refractivity contribution < 1.29 is 0 Å². The second kappa shape index (κ2) is 6.12. The van der Waals surface area contributed by atoms with Gasteiger partial charge in [0.25, 0.3) is 0 Å². The van der Waals surface area contributed by atoms with Gasteiger partial charge in [-0.25, -0.2) is 0 Å². The Labute approximate surface area is 140 Å². The van der Waals surface area contributed by atoms with Crippen molar-refractivity contribution in [1.29, 1.82) is 0 Å². The fraction of sp³-hybridized carbons (Fsp3) is 0.500. The summed E-state index contributed by atoms with van der Waals surface area (Å²) < 4.78 is 0. The van der Waals surface area contributed by atoms with Gasteiger partial charge in [-0.3, -0.25) is 0 Å². The number of hydrogen-bond donors (Lipinski definition) is 0. The van der Waals surface area contributed by atoms with Gasteiger partial charge in [0.1, 0.15) is 0 Å². The second-order valence-corrected chi connectivity index (χ2v) is 7.64. The first-order valence-corrected chi connectivity index (χ1v) is 8.48. The summed E-state index contributed by atoms with van der Waals surface area (Å²) in [6, 6.07) is 8.69. The van der Waals surface area contributed by atoms with E-state index in [1.165, 1.54) is 22.4 Å². The highest BCUT2D eigenvalue weighted by Gasteiger charge is 2.43. The van der Waals surface area contributed by atoms with Crippen molar-refractivity contribution in [2.75, 3.05) is 19.0 Å². The van der Waals surface area contributed by atoms with E-state index < -0.39 is 4.87 Å². The summed E-state index contributed by atoms with van der Waals surface area (Å²) in [4.78, 5) is 1.68. The minimum Gasteiger partial charge on any atom is -0.378 e. The Kier molecular flexibility index (Phi) is 4.77. The molecule has 120 valence electrons. The molecular weight excluding hydrogens is 290 g/mol. The predicted molar refractivity (Wildman–Crippen MR) is 99.8 cm³/mol. The Bertz CT molecular complexity index is 593. The number of allylic oxidation sites excluding steroid dienone is 4. The van der Waals surface area contributed by atoms with Crippen molar-refractivity contribution in [1.82, 2.24) is 0 Å². The number of halogens is 1. The highest BCUT2D eigenvalue weighted by Crippen LogP contribution is 2.53. The molecule has 0 bridgehead atoms. The van der Waals surface area contributed by atoms with Gasteiger partial charge in [-0.1, -0.05) is 38.1 Å². The Morgan fingerprint density at radius 1 is 1.18 bits per heavy atom. The molecule has 22 heavy (non-hydrogen) atoms. The summed E-state index contributed by atoms with van der Waals surface area (Å²) in [6.07, 6.45) is 6.72. The van der Waals surface area contributed by atoms with Gasteiger partial charge in [-0.15, -0.1) is 11.6 Å². The molecule has 0 N–H and O–H groups in total. The lowest BCUT2D eigenvalue weighted by molar-refractivity contribution is 0.358. The van der Waals surface area contributed by atoms with Crippen LogP contribution in [0.4, 0.5) is 5.69 Å². The van der Waals surface area contributed by atoms with Crippen LogP contribution in [0.2, 0.25) is 0 Å². The molecule has 2 heteroatoms. The maximum Gasteiger partial charge on any atom is 0.0884 e. The standard InChI is InChI=1S/C20H28ClN/c1-7-18-19(3,8-2)14-13-17(20(18,4)21)15-9-11-16(12-10-15)22(5)6/h7,9-13H,8,14H2,1-6H3/b18-7+. The number of benzene rings is 1. The van der Waals surface area contributed by atoms with E-state index >= 15 is 0 Å². The van der Waals surface area contributed by atoms with Crippen LogP contribution in [-0.2, 0) is 0 Å². The lowest BCUT2D eigenvalue weighted by atomic mass is 9.65. The number of alkyl halides is 1. The van der Waals surface area contributed by atoms with Gasteiger partial charge in [0, 0.05) is 19.8 Å². The summed E-state index contributed by atoms with van der Waals surface area (Å²) in [6.45, 7) is 8.83. The van der Waals surface area contributed by atoms with E-state index in [2.05, 4.69) is 83.1 Å². The molecule has 0 fully saturated rings. The third-order valence-corrected chi connectivity index (χ3v) is 5.59. The van der Waals surface area contributed by atoms with Crippen LogP contribution in [0, 0.1) is 5.41 Å². The highest BCUT2D eigenvalue weighted by molar-refractivity contribution is 6.32. The van der Waals surface area contributed by atoms with Crippen LogP contribution >= 0.6 is 11.6 Å². The molecule has 0 amide bonds. The lowest BCUT2D eigenvalue weighted by Crippen LogP contribution is -2.36. The van der Waals surface area contributed by atoms with Gasteiger partial charge in [0.05, 0.1) is 4.87 Å². The SMILES string of the molecule is C/C=C1\C(C)(CC)CC=C(c2ccc(N(C)C)cc2)C1(C)Cl. The average molecular weight is 318 g/mol. The summed E-state index contributed by atoms with van der Waals surface area (Å²) in [5.74, 6) is 0. The summed E-state index contributed by atoms with van der Waals surface area (Å²) >= 11 is 7.06. The van der Waals surface area contributed by atoms with Gasteiger partial charge < -0.3 is 4.90 Å². The topological polar surface area (TPSA) is 3.24 Å². The minimum absolute atomic E-state index is 0.165. The molecular formula is C20H28ClN. The van der Waals surface area contributed by atoms with Gasteiger partial charge >= 0.3 is 0 Å². The average Bonchev–Trinajstić information content (AvgIpc) is 2.47. The molecule has 0 saturated heterocycles. The van der Waals surface area contributed by atoms with Crippen molar-refractivity contribution in [3.05, 3.63) is 47.6 Å². The van der Waals surface area contributed by atoms with Crippen LogP contribution in [0.15, 0.2) is 42.0 Å². The monoisotopic (exact) mass is 317 g/mol. The smallest absolute Gasteiger partial charge is 0.0884 e. The Hall–Kier alpha value is -1.21. The molecule has 0 saturated carbocycles. The summed E-state index contributed by atoms with van der Waals surface area (Å²) in [5.41, 5.74) is 5.18. The number of anilines is 1. The molecule has 1 nitrogen and oxygen atoms in total. The fourth-order valence-corrected chi connectivity index (χ4v) is 4.15. The molecule has 1 aromatic rings. The third kappa shape index (κ3) is 2.84. The van der Waals surface area contributed by atoms with Crippen LogP contribution in [-0.4, -0.2) is 19.0 Å². The zero-order valence-corrected chi connectivity index (χ0v) is 15.5. The van der Waals surface area contributed by atoms with Gasteiger partial charge in [-0.2, -0.15) is 0 Å². The summed E-state index contributed by atoms with van der Waals surface area (Å²) in [5, 5.41) is 0. The van der Waals surface area contributed by atoms with E-state index in [1.807, 2.05) is 0 Å². The normalized spacial score (nSPS) is 30.3. The van der Waals surface area contributed by atoms with Crippen LogP contribution in [0.3, 0.4) is 0 Å². The van der Waals surface area contributed by atoms with E-state index in [-0.39, 0.29) is 5.41 Å². The predicted octanol–water partition coefficient (Wildman–Crippen LogP) is 5.90. The first-order valence-electron chi connectivity index (χ1n) is 8.11. The van der Waals surface area contributed by atoms with Crippen molar-refractivity contribution >= 4 is 22.9 Å². The van der Waals surface area contributed by atoms with Crippen LogP contribution in [0.1, 0.15) is 46.1 Å². The molecule has 2 rings (SSSR count). The van der Waals surface area contributed by atoms with Crippen LogP contribution in [0.5, 0.6) is 0 Å². The largest absolute Gasteiger partial charge is 0.378 e. The minimum atomic E-state index is -0.433. The molecule has 2 atom stereocenters. The van der Waals surface area contributed by atoms with Crippen LogP contribution < -0.4 is 4.90 Å². The Balaban J connectivity index is 2.47. The fourth-order valence-electron chi connectivity index (χ4n) is 3.62. The number of rotatable bonds is 3. The number of nitrogens with zero attached hydrogens (tertiary/aromatic N) is 1. The highest BCUT2D eigenvalue weighted by atomic mass is 35.5. The molecule has 0 aliphatic heterocycles. The molecule has 1 aliphatic rings. The van der Waals surface area contributed by atoms with Crippen molar-refractivity contribution in [3.63, 3.8) is 0 Å². The van der Waals surface area contributed by atoms with E-state index in [0.29, 0.717) is 0 Å². The van der Waals surface area contributed by atoms with E-state index in [1.54, 1.807) is 0 Å². The maximum absolute atomic E-state index is 7.06. The van der Waals surface area contributed by atoms with Gasteiger partial charge in [-0.05, 0) is 60.9 Å². The van der Waals surface area contributed by atoms with Gasteiger partial charge in [0.15, 0.2) is 0 Å². The molecule has 0 aromatic heterocycles. The molecule has 1 aliphatic carbocycles. The van der Waals surface area contributed by atoms with Crippen molar-refractivity contribution in [2.45, 2.75) is 45.4 Å². The summed E-state index contributed by atoms with van der Waals surface area (Å²) in [7, 11) is 4.12. The Morgan fingerprint density at radius 3 is 2.23 bits per heavy atom. The lowest BCUT2D eigenvalue weighted by Gasteiger charge is -2.44. The van der Waals surface area contributed by atoms with Gasteiger partial charge in [0.2, 0.25) is 0 Å². The first kappa shape index (κ1) is 17.1. The first-order chi connectivity index (χ1) is 10.3. The van der Waals surface area contributed by atoms with Crippen LogP contribution in [0.25, 0.3) is 5.57 Å². The van der Waals surface area contributed by atoms with E-state index in [9.17, 15) is 0 Å². The van der Waals surface area contributed by atoms with Crippen molar-refractivity contribution in [3.8, 4) is 0 Å². The second-order valence-electron chi connectivity index (χ2n) is 6.88. The number of hydrogen-bond acceptors (Lipinski definition) is 1. The maximum atomic E-state index is 7.06. The quantitative estimate of drug-likeness (QED) is 0.495. The van der Waals surface area contributed by atoms with E-state index in [0.717, 1.165) is 12.8 Å². The zero-order chi connectivity index (χ0) is 16.5. The molecule has 0 heterocycles. The molecule has 1 aromatic carbocycles. The zero-order valence-electron chi connectivity index (χ0n) is 14.7.